The molecule has 1 aliphatic carbocycles. The first-order valence-corrected chi connectivity index (χ1v) is 13.0. The van der Waals surface area contributed by atoms with Gasteiger partial charge in [0.25, 0.3) is 5.91 Å². The van der Waals surface area contributed by atoms with Gasteiger partial charge in [0.05, 0.1) is 11.5 Å². The lowest BCUT2D eigenvalue weighted by Crippen LogP contribution is -2.32. The number of hydrogen-bond donors (Lipinski definition) is 0. The molecule has 0 atom stereocenters. The number of carbonyl (C=O) groups is 1. The predicted octanol–water partition coefficient (Wildman–Crippen LogP) is 4.02. The zero-order valence-corrected chi connectivity index (χ0v) is 19.8. The van der Waals surface area contributed by atoms with Crippen LogP contribution >= 0.6 is 0 Å². The Morgan fingerprint density at radius 2 is 1.85 bits per heavy atom. The highest BCUT2D eigenvalue weighted by Crippen LogP contribution is 2.33. The van der Waals surface area contributed by atoms with Crippen molar-refractivity contribution < 1.29 is 27.1 Å². The van der Waals surface area contributed by atoms with Crippen molar-refractivity contribution >= 4 is 26.7 Å². The van der Waals surface area contributed by atoms with Gasteiger partial charge >= 0.3 is 0 Å². The Balaban J connectivity index is 1.24. The maximum atomic E-state index is 12.5. The fourth-order valence-electron chi connectivity index (χ4n) is 4.00. The molecular formula is C25H29NO6S. The second kappa shape index (κ2) is 9.87. The van der Waals surface area contributed by atoms with E-state index in [0.29, 0.717) is 31.1 Å². The van der Waals surface area contributed by atoms with E-state index < -0.39 is 9.84 Å². The highest BCUT2D eigenvalue weighted by atomic mass is 32.2. The van der Waals surface area contributed by atoms with Crippen molar-refractivity contribution in [3.63, 3.8) is 0 Å². The van der Waals surface area contributed by atoms with Gasteiger partial charge in [-0.05, 0) is 62.1 Å². The quantitative estimate of drug-likeness (QED) is 0.438. The molecule has 0 radical (unpaired) electrons. The van der Waals surface area contributed by atoms with Gasteiger partial charge in [0.2, 0.25) is 0 Å². The van der Waals surface area contributed by atoms with Crippen LogP contribution in [0.15, 0.2) is 51.8 Å². The number of nitrogens with zero attached hydrogens (tertiary/aromatic N) is 1. The summed E-state index contributed by atoms with van der Waals surface area (Å²) in [5.41, 5.74) is 2.15. The lowest BCUT2D eigenvalue weighted by atomic mass is 9.96. The number of fused-ring (bicyclic) bond motifs is 3. The Morgan fingerprint density at radius 3 is 2.67 bits per heavy atom. The van der Waals surface area contributed by atoms with E-state index in [1.165, 1.54) is 24.1 Å². The third-order valence-corrected chi connectivity index (χ3v) is 6.97. The SMILES string of the molecule is CN(CCCOc1cccc(S(C)(=O)=O)c1)C(=O)COc1ccc2oc3c(c2c1)CCCC3. The van der Waals surface area contributed by atoms with Crippen LogP contribution in [-0.4, -0.2) is 52.3 Å². The molecule has 4 rings (SSSR count). The third-order valence-electron chi connectivity index (χ3n) is 5.85. The van der Waals surface area contributed by atoms with Gasteiger partial charge in [-0.1, -0.05) is 6.07 Å². The minimum absolute atomic E-state index is 0.0424. The molecule has 2 aromatic carbocycles. The minimum atomic E-state index is -3.28. The van der Waals surface area contributed by atoms with Crippen LogP contribution in [0.25, 0.3) is 11.0 Å². The third kappa shape index (κ3) is 5.68. The van der Waals surface area contributed by atoms with Gasteiger partial charge in [0.1, 0.15) is 22.8 Å². The zero-order chi connectivity index (χ0) is 23.4. The molecule has 176 valence electrons. The largest absolute Gasteiger partial charge is 0.493 e. The van der Waals surface area contributed by atoms with Crippen LogP contribution < -0.4 is 9.47 Å². The van der Waals surface area contributed by atoms with Crippen LogP contribution in [0.5, 0.6) is 11.5 Å². The molecule has 0 saturated carbocycles. The molecule has 1 aromatic heterocycles. The van der Waals surface area contributed by atoms with Crippen molar-refractivity contribution in [3.05, 3.63) is 53.8 Å². The molecule has 0 saturated heterocycles. The molecular weight excluding hydrogens is 442 g/mol. The summed E-state index contributed by atoms with van der Waals surface area (Å²) in [4.78, 5) is 14.3. The van der Waals surface area contributed by atoms with Gasteiger partial charge in [0.15, 0.2) is 16.4 Å². The van der Waals surface area contributed by atoms with Gasteiger partial charge in [-0.3, -0.25) is 4.79 Å². The summed E-state index contributed by atoms with van der Waals surface area (Å²) < 4.78 is 40.6. The smallest absolute Gasteiger partial charge is 0.260 e. The molecule has 33 heavy (non-hydrogen) atoms. The zero-order valence-electron chi connectivity index (χ0n) is 19.0. The molecule has 8 heteroatoms. The monoisotopic (exact) mass is 471 g/mol. The number of carbonyl (C=O) groups excluding carboxylic acids is 1. The first-order chi connectivity index (χ1) is 15.8. The van der Waals surface area contributed by atoms with Gasteiger partial charge in [-0.15, -0.1) is 0 Å². The lowest BCUT2D eigenvalue weighted by Gasteiger charge is -2.17. The Morgan fingerprint density at radius 1 is 1.06 bits per heavy atom. The Labute approximate surface area is 194 Å². The van der Waals surface area contributed by atoms with Crippen molar-refractivity contribution in [3.8, 4) is 11.5 Å². The number of amides is 1. The van der Waals surface area contributed by atoms with Crippen LogP contribution in [0.1, 0.15) is 30.6 Å². The van der Waals surface area contributed by atoms with Crippen LogP contribution in [0.3, 0.4) is 0 Å². The summed E-state index contributed by atoms with van der Waals surface area (Å²) in [5.74, 6) is 2.11. The summed E-state index contributed by atoms with van der Waals surface area (Å²) in [7, 11) is -1.55. The molecule has 1 heterocycles. The number of ether oxygens (including phenoxy) is 2. The average molecular weight is 472 g/mol. The van der Waals surface area contributed by atoms with Crippen molar-refractivity contribution in [2.75, 3.05) is 33.1 Å². The number of aryl methyl sites for hydroxylation is 2. The van der Waals surface area contributed by atoms with E-state index in [1.807, 2.05) is 18.2 Å². The Bertz CT molecular complexity index is 1250. The van der Waals surface area contributed by atoms with E-state index in [4.69, 9.17) is 13.9 Å². The van der Waals surface area contributed by atoms with E-state index in [1.54, 1.807) is 24.1 Å². The van der Waals surface area contributed by atoms with E-state index in [9.17, 15) is 13.2 Å². The van der Waals surface area contributed by atoms with Gasteiger partial charge in [-0.2, -0.15) is 0 Å². The van der Waals surface area contributed by atoms with Crippen LogP contribution in [0.4, 0.5) is 0 Å². The van der Waals surface area contributed by atoms with E-state index >= 15 is 0 Å². The minimum Gasteiger partial charge on any atom is -0.493 e. The Kier molecular flexibility index (Phi) is 6.93. The second-order valence-electron chi connectivity index (χ2n) is 8.42. The van der Waals surface area contributed by atoms with E-state index in [2.05, 4.69) is 0 Å². The van der Waals surface area contributed by atoms with Gasteiger partial charge < -0.3 is 18.8 Å². The summed E-state index contributed by atoms with van der Waals surface area (Å²) in [6.45, 7) is 0.829. The lowest BCUT2D eigenvalue weighted by molar-refractivity contribution is -0.132. The molecule has 1 amide bonds. The van der Waals surface area contributed by atoms with Crippen LogP contribution in [0.2, 0.25) is 0 Å². The predicted molar refractivity (Wildman–Crippen MR) is 126 cm³/mol. The molecule has 7 nitrogen and oxygen atoms in total. The standard InChI is InChI=1S/C25H29NO6S/c1-26(13-6-14-30-18-7-5-8-20(15-18)33(2,28)29)25(27)17-31-19-11-12-24-22(16-19)21-9-3-4-10-23(21)32-24/h5,7-8,11-12,15-16H,3-4,6,9-10,13-14,17H2,1-2H3. The topological polar surface area (TPSA) is 86.0 Å². The highest BCUT2D eigenvalue weighted by Gasteiger charge is 2.18. The van der Waals surface area contributed by atoms with Crippen molar-refractivity contribution in [1.82, 2.24) is 4.90 Å². The first-order valence-electron chi connectivity index (χ1n) is 11.2. The van der Waals surface area contributed by atoms with Gasteiger partial charge in [-0.25, -0.2) is 8.42 Å². The van der Waals surface area contributed by atoms with Crippen LogP contribution in [-0.2, 0) is 27.5 Å². The number of sulfone groups is 1. The summed E-state index contributed by atoms with van der Waals surface area (Å²) >= 11 is 0. The van der Waals surface area contributed by atoms with Crippen molar-refractivity contribution in [1.29, 1.82) is 0 Å². The molecule has 3 aromatic rings. The number of hydrogen-bond acceptors (Lipinski definition) is 6. The normalized spacial score (nSPS) is 13.5. The highest BCUT2D eigenvalue weighted by molar-refractivity contribution is 7.90. The fraction of sp³-hybridized carbons (Fsp3) is 0.400. The summed E-state index contributed by atoms with van der Waals surface area (Å²) in [5, 5.41) is 1.08. The maximum absolute atomic E-state index is 12.5. The molecule has 0 spiro atoms. The summed E-state index contributed by atoms with van der Waals surface area (Å²) in [6.07, 6.45) is 6.11. The average Bonchev–Trinajstić information content (AvgIpc) is 3.18. The molecule has 0 bridgehead atoms. The second-order valence-corrected chi connectivity index (χ2v) is 10.4. The van der Waals surface area contributed by atoms with Gasteiger partial charge in [0, 0.05) is 37.2 Å². The fourth-order valence-corrected chi connectivity index (χ4v) is 4.65. The number of likely N-dealkylation sites (N-methyl/N-ethyl adjacent to an activating group) is 1. The molecule has 0 N–H and O–H groups in total. The first kappa shape index (κ1) is 23.2. The molecule has 1 aliphatic rings. The summed E-state index contributed by atoms with van der Waals surface area (Å²) in [6, 6.07) is 12.1. The van der Waals surface area contributed by atoms with Crippen molar-refractivity contribution in [2.24, 2.45) is 0 Å². The number of benzene rings is 2. The van der Waals surface area contributed by atoms with Crippen molar-refractivity contribution in [2.45, 2.75) is 37.0 Å². The van der Waals surface area contributed by atoms with E-state index in [0.717, 1.165) is 42.2 Å². The Hall–Kier alpha value is -3.00. The van der Waals surface area contributed by atoms with Crippen LogP contribution in [0, 0.1) is 0 Å². The number of furan rings is 1. The maximum Gasteiger partial charge on any atom is 0.260 e. The number of rotatable bonds is 9. The molecule has 0 unspecified atom stereocenters. The molecule has 0 fully saturated rings. The van der Waals surface area contributed by atoms with E-state index in [-0.39, 0.29) is 17.4 Å². The molecule has 0 aliphatic heterocycles.